The Hall–Kier alpha value is -2.71. The lowest BCUT2D eigenvalue weighted by Gasteiger charge is -2.10. The topological polar surface area (TPSA) is 93.5 Å². The number of hydrogen-bond acceptors (Lipinski definition) is 5. The maximum absolute atomic E-state index is 12.6. The number of rotatable bonds is 5. The van der Waals surface area contributed by atoms with Crippen LogP contribution in [0.4, 0.5) is 5.69 Å². The third kappa shape index (κ3) is 4.07. The Balaban J connectivity index is 1.51. The van der Waals surface area contributed by atoms with E-state index in [-0.39, 0.29) is 23.5 Å². The second-order valence-electron chi connectivity index (χ2n) is 6.48. The highest BCUT2D eigenvalue weighted by atomic mass is 79.9. The van der Waals surface area contributed by atoms with Crippen molar-refractivity contribution < 1.29 is 18.7 Å². The highest BCUT2D eigenvalue weighted by Gasteiger charge is 2.21. The minimum absolute atomic E-state index is 0.0464. The number of halogens is 1. The van der Waals surface area contributed by atoms with Gasteiger partial charge in [-0.3, -0.25) is 9.59 Å². The molecule has 1 aromatic heterocycles. The van der Waals surface area contributed by atoms with E-state index in [1.165, 1.54) is 0 Å². The summed E-state index contributed by atoms with van der Waals surface area (Å²) in [6.07, 6.45) is 1.99. The Bertz CT molecular complexity index is 1010. The minimum atomic E-state index is -0.482. The van der Waals surface area contributed by atoms with E-state index >= 15 is 0 Å². The van der Waals surface area contributed by atoms with Crippen LogP contribution in [0.15, 0.2) is 51.4 Å². The van der Waals surface area contributed by atoms with Crippen molar-refractivity contribution in [3.8, 4) is 0 Å². The van der Waals surface area contributed by atoms with Gasteiger partial charge < -0.3 is 19.8 Å². The molecule has 1 aliphatic rings. The van der Waals surface area contributed by atoms with Gasteiger partial charge in [0.15, 0.2) is 5.58 Å². The van der Waals surface area contributed by atoms with E-state index in [0.29, 0.717) is 23.3 Å². The second kappa shape index (κ2) is 8.12. The van der Waals surface area contributed by atoms with Crippen LogP contribution in [0.5, 0.6) is 0 Å². The molecular weight excluding hydrogens is 426 g/mol. The van der Waals surface area contributed by atoms with Crippen LogP contribution in [0.25, 0.3) is 11.1 Å². The van der Waals surface area contributed by atoms with Crippen molar-refractivity contribution in [2.45, 2.75) is 18.9 Å². The van der Waals surface area contributed by atoms with Gasteiger partial charge in [0.05, 0.1) is 11.7 Å². The average Bonchev–Trinajstić information content (AvgIpc) is 3.37. The zero-order valence-electron chi connectivity index (χ0n) is 14.9. The van der Waals surface area contributed by atoms with Crippen molar-refractivity contribution in [1.29, 1.82) is 0 Å². The lowest BCUT2D eigenvalue weighted by molar-refractivity contribution is 0.0857. The van der Waals surface area contributed by atoms with E-state index in [4.69, 9.17) is 9.15 Å². The Morgan fingerprint density at radius 3 is 2.71 bits per heavy atom. The number of nitrogens with zero attached hydrogens (tertiary/aromatic N) is 1. The van der Waals surface area contributed by atoms with E-state index in [2.05, 4.69) is 31.5 Å². The predicted octanol–water partition coefficient (Wildman–Crippen LogP) is 3.75. The molecule has 2 aromatic carbocycles. The zero-order valence-corrected chi connectivity index (χ0v) is 16.5. The van der Waals surface area contributed by atoms with Crippen LogP contribution >= 0.6 is 15.9 Å². The number of benzene rings is 2. The van der Waals surface area contributed by atoms with E-state index in [1.54, 1.807) is 30.3 Å². The molecule has 28 heavy (non-hydrogen) atoms. The van der Waals surface area contributed by atoms with Gasteiger partial charge in [0.2, 0.25) is 0 Å². The molecule has 8 heteroatoms. The number of anilines is 1. The molecule has 2 N–H and O–H groups in total. The largest absolute Gasteiger partial charge is 0.431 e. The number of oxazole rings is 1. The summed E-state index contributed by atoms with van der Waals surface area (Å²) in [7, 11) is 0. The van der Waals surface area contributed by atoms with E-state index in [1.807, 2.05) is 12.1 Å². The van der Waals surface area contributed by atoms with Crippen LogP contribution < -0.4 is 10.6 Å². The first-order valence-corrected chi connectivity index (χ1v) is 9.76. The van der Waals surface area contributed by atoms with Crippen molar-refractivity contribution in [2.24, 2.45) is 0 Å². The Morgan fingerprint density at radius 2 is 1.96 bits per heavy atom. The SMILES string of the molecule is O=C(Nc1ccc(Br)cc1)c1nc2cccc(C(=O)NCC3CCCO3)c2o1. The summed E-state index contributed by atoms with van der Waals surface area (Å²) >= 11 is 3.35. The number of carbonyl (C=O) groups excluding carboxylic acids is 2. The fourth-order valence-electron chi connectivity index (χ4n) is 3.05. The number of hydrogen-bond donors (Lipinski definition) is 2. The minimum Gasteiger partial charge on any atom is -0.431 e. The van der Waals surface area contributed by atoms with Gasteiger partial charge in [-0.15, -0.1) is 0 Å². The number of aromatic nitrogens is 1. The summed E-state index contributed by atoms with van der Waals surface area (Å²) in [5.74, 6) is -0.862. The summed E-state index contributed by atoms with van der Waals surface area (Å²) in [5, 5.41) is 5.58. The van der Waals surface area contributed by atoms with Crippen LogP contribution in [0.3, 0.4) is 0 Å². The molecule has 1 unspecified atom stereocenters. The van der Waals surface area contributed by atoms with Crippen molar-refractivity contribution >= 4 is 44.5 Å². The zero-order chi connectivity index (χ0) is 19.5. The molecule has 1 fully saturated rings. The maximum Gasteiger partial charge on any atom is 0.311 e. The van der Waals surface area contributed by atoms with Gasteiger partial charge >= 0.3 is 5.91 Å². The van der Waals surface area contributed by atoms with E-state index in [9.17, 15) is 9.59 Å². The third-order valence-electron chi connectivity index (χ3n) is 4.47. The summed E-state index contributed by atoms with van der Waals surface area (Å²) in [6.45, 7) is 1.18. The van der Waals surface area contributed by atoms with Gasteiger partial charge in [0, 0.05) is 23.3 Å². The van der Waals surface area contributed by atoms with E-state index in [0.717, 1.165) is 23.9 Å². The summed E-state index contributed by atoms with van der Waals surface area (Å²) in [6, 6.07) is 12.2. The quantitative estimate of drug-likeness (QED) is 0.625. The first-order chi connectivity index (χ1) is 13.6. The molecule has 0 aliphatic carbocycles. The summed E-state index contributed by atoms with van der Waals surface area (Å²) in [5.41, 5.74) is 1.69. The predicted molar refractivity (Wildman–Crippen MR) is 107 cm³/mol. The average molecular weight is 444 g/mol. The lowest BCUT2D eigenvalue weighted by Crippen LogP contribution is -2.31. The molecule has 1 atom stereocenters. The van der Waals surface area contributed by atoms with Crippen molar-refractivity contribution in [3.05, 3.63) is 58.4 Å². The van der Waals surface area contributed by atoms with Crippen molar-refractivity contribution in [2.75, 3.05) is 18.5 Å². The summed E-state index contributed by atoms with van der Waals surface area (Å²) < 4.78 is 12.1. The number of nitrogens with one attached hydrogen (secondary N) is 2. The fourth-order valence-corrected chi connectivity index (χ4v) is 3.31. The van der Waals surface area contributed by atoms with Crippen LogP contribution in [0, 0.1) is 0 Å². The Morgan fingerprint density at radius 1 is 1.14 bits per heavy atom. The molecule has 0 saturated carbocycles. The van der Waals surface area contributed by atoms with Gasteiger partial charge in [-0.05, 0) is 49.2 Å². The van der Waals surface area contributed by atoms with Crippen molar-refractivity contribution in [1.82, 2.24) is 10.3 Å². The Labute approximate surface area is 169 Å². The Kier molecular flexibility index (Phi) is 5.40. The fraction of sp³-hybridized carbons (Fsp3) is 0.250. The monoisotopic (exact) mass is 443 g/mol. The first kappa shape index (κ1) is 18.6. The van der Waals surface area contributed by atoms with E-state index < -0.39 is 5.91 Å². The molecule has 0 radical (unpaired) electrons. The number of para-hydroxylation sites is 1. The number of fused-ring (bicyclic) bond motifs is 1. The van der Waals surface area contributed by atoms with Crippen LogP contribution in [-0.2, 0) is 4.74 Å². The highest BCUT2D eigenvalue weighted by molar-refractivity contribution is 9.10. The molecule has 144 valence electrons. The molecule has 1 aliphatic heterocycles. The molecule has 2 amide bonds. The molecule has 4 rings (SSSR count). The first-order valence-electron chi connectivity index (χ1n) is 8.96. The van der Waals surface area contributed by atoms with Gasteiger partial charge in [-0.25, -0.2) is 4.98 Å². The summed E-state index contributed by atoms with van der Waals surface area (Å²) in [4.78, 5) is 29.2. The lowest BCUT2D eigenvalue weighted by atomic mass is 10.1. The molecule has 0 spiro atoms. The number of amides is 2. The number of ether oxygens (including phenoxy) is 1. The highest BCUT2D eigenvalue weighted by Crippen LogP contribution is 2.22. The molecule has 1 saturated heterocycles. The van der Waals surface area contributed by atoms with Crippen LogP contribution in [-0.4, -0.2) is 36.1 Å². The van der Waals surface area contributed by atoms with Crippen molar-refractivity contribution in [3.63, 3.8) is 0 Å². The van der Waals surface area contributed by atoms with Gasteiger partial charge in [-0.1, -0.05) is 22.0 Å². The smallest absolute Gasteiger partial charge is 0.311 e. The molecular formula is C20H18BrN3O4. The standard InChI is InChI=1S/C20H18BrN3O4/c21-12-6-8-13(9-7-12)23-19(26)20-24-16-5-1-4-15(17(16)28-20)18(25)22-11-14-3-2-10-27-14/h1,4-9,14H,2-3,10-11H2,(H,22,25)(H,23,26). The molecule has 7 nitrogen and oxygen atoms in total. The van der Waals surface area contributed by atoms with Crippen LogP contribution in [0.2, 0.25) is 0 Å². The normalized spacial score (nSPS) is 16.2. The third-order valence-corrected chi connectivity index (χ3v) is 5.00. The van der Waals surface area contributed by atoms with Gasteiger partial charge in [-0.2, -0.15) is 0 Å². The number of carbonyl (C=O) groups is 2. The molecule has 0 bridgehead atoms. The van der Waals surface area contributed by atoms with Gasteiger partial charge in [0.25, 0.3) is 11.8 Å². The molecule has 2 heterocycles. The molecule has 3 aromatic rings. The second-order valence-corrected chi connectivity index (χ2v) is 7.39. The maximum atomic E-state index is 12.6. The van der Waals surface area contributed by atoms with Gasteiger partial charge in [0.1, 0.15) is 5.52 Å². The van der Waals surface area contributed by atoms with Crippen LogP contribution in [0.1, 0.15) is 33.9 Å².